The van der Waals surface area contributed by atoms with Crippen molar-refractivity contribution >= 4 is 16.7 Å². The van der Waals surface area contributed by atoms with E-state index >= 15 is 0 Å². The molecule has 0 aliphatic carbocycles. The molecule has 0 amide bonds. The Morgan fingerprint density at radius 1 is 1.25 bits per heavy atom. The van der Waals surface area contributed by atoms with Crippen molar-refractivity contribution in [2.45, 2.75) is 27.2 Å². The Bertz CT molecular complexity index is 576. The minimum atomic E-state index is 0.163. The van der Waals surface area contributed by atoms with Crippen LogP contribution in [0.2, 0.25) is 0 Å². The first-order chi connectivity index (χ1) is 9.53. The smallest absolute Gasteiger partial charge is 0.137 e. The van der Waals surface area contributed by atoms with E-state index in [1.54, 1.807) is 13.4 Å². The summed E-state index contributed by atoms with van der Waals surface area (Å²) in [5, 5.41) is 4.58. The van der Waals surface area contributed by atoms with Crippen LogP contribution >= 0.6 is 0 Å². The van der Waals surface area contributed by atoms with E-state index in [0.717, 1.165) is 36.3 Å². The molecule has 1 aromatic heterocycles. The lowest BCUT2D eigenvalue weighted by Gasteiger charge is -2.25. The van der Waals surface area contributed by atoms with Gasteiger partial charge in [0.1, 0.15) is 12.1 Å². The molecule has 2 rings (SSSR count). The Morgan fingerprint density at radius 3 is 2.80 bits per heavy atom. The van der Waals surface area contributed by atoms with Crippen molar-refractivity contribution in [3.05, 3.63) is 30.1 Å². The SMILES string of the molecule is COCCC(C)(C)CNc1ncnc2cccc(C)c12. The quantitative estimate of drug-likeness (QED) is 0.876. The van der Waals surface area contributed by atoms with Crippen LogP contribution in [0.15, 0.2) is 24.5 Å². The fourth-order valence-electron chi connectivity index (χ4n) is 2.21. The van der Waals surface area contributed by atoms with Crippen LogP contribution in [0.5, 0.6) is 0 Å². The first kappa shape index (κ1) is 14.7. The number of ether oxygens (including phenoxy) is 1. The first-order valence-electron chi connectivity index (χ1n) is 6.97. The van der Waals surface area contributed by atoms with E-state index < -0.39 is 0 Å². The summed E-state index contributed by atoms with van der Waals surface area (Å²) in [5.41, 5.74) is 2.34. The van der Waals surface area contributed by atoms with Crippen LogP contribution in [0.4, 0.5) is 5.82 Å². The van der Waals surface area contributed by atoms with Crippen molar-refractivity contribution in [2.75, 3.05) is 25.6 Å². The molecule has 0 bridgehead atoms. The maximum Gasteiger partial charge on any atom is 0.137 e. The van der Waals surface area contributed by atoms with Crippen molar-refractivity contribution in [2.24, 2.45) is 5.41 Å². The summed E-state index contributed by atoms with van der Waals surface area (Å²) in [6, 6.07) is 6.13. The number of nitrogens with one attached hydrogen (secondary N) is 1. The molecule has 2 aromatic rings. The van der Waals surface area contributed by atoms with Gasteiger partial charge in [-0.15, -0.1) is 0 Å². The number of anilines is 1. The number of aromatic nitrogens is 2. The summed E-state index contributed by atoms with van der Waals surface area (Å²) < 4.78 is 5.17. The Labute approximate surface area is 120 Å². The summed E-state index contributed by atoms with van der Waals surface area (Å²) in [6.45, 7) is 8.19. The van der Waals surface area contributed by atoms with Crippen molar-refractivity contribution in [1.82, 2.24) is 9.97 Å². The van der Waals surface area contributed by atoms with Crippen molar-refractivity contribution in [3.8, 4) is 0 Å². The van der Waals surface area contributed by atoms with Gasteiger partial charge in [0, 0.05) is 25.6 Å². The van der Waals surface area contributed by atoms with Gasteiger partial charge in [-0.2, -0.15) is 0 Å². The minimum Gasteiger partial charge on any atom is -0.385 e. The van der Waals surface area contributed by atoms with Crippen LogP contribution in [0.3, 0.4) is 0 Å². The lowest BCUT2D eigenvalue weighted by molar-refractivity contribution is 0.157. The molecule has 0 aliphatic rings. The third-order valence-electron chi connectivity index (χ3n) is 3.59. The second-order valence-corrected chi connectivity index (χ2v) is 5.95. The lowest BCUT2D eigenvalue weighted by Crippen LogP contribution is -2.25. The molecular weight excluding hydrogens is 250 g/mol. The van der Waals surface area contributed by atoms with Crippen molar-refractivity contribution < 1.29 is 4.74 Å². The van der Waals surface area contributed by atoms with E-state index in [1.807, 2.05) is 12.1 Å². The monoisotopic (exact) mass is 273 g/mol. The predicted octanol–water partition coefficient (Wildman–Crippen LogP) is 3.41. The Morgan fingerprint density at radius 2 is 2.05 bits per heavy atom. The molecule has 0 radical (unpaired) electrons. The number of nitrogens with zero attached hydrogens (tertiary/aromatic N) is 2. The first-order valence-corrected chi connectivity index (χ1v) is 6.97. The Kier molecular flexibility index (Phi) is 4.55. The highest BCUT2D eigenvalue weighted by Gasteiger charge is 2.18. The van der Waals surface area contributed by atoms with Crippen LogP contribution < -0.4 is 5.32 Å². The highest BCUT2D eigenvalue weighted by Crippen LogP contribution is 2.25. The average molecular weight is 273 g/mol. The molecule has 0 saturated carbocycles. The number of benzene rings is 1. The third-order valence-corrected chi connectivity index (χ3v) is 3.59. The van der Waals surface area contributed by atoms with Crippen LogP contribution in [0.25, 0.3) is 10.9 Å². The third kappa shape index (κ3) is 3.45. The lowest BCUT2D eigenvalue weighted by atomic mass is 9.89. The van der Waals surface area contributed by atoms with Gasteiger partial charge in [0.05, 0.1) is 5.52 Å². The summed E-state index contributed by atoms with van der Waals surface area (Å²) in [6.07, 6.45) is 2.63. The molecule has 1 aromatic carbocycles. The fourth-order valence-corrected chi connectivity index (χ4v) is 2.21. The zero-order valence-corrected chi connectivity index (χ0v) is 12.7. The Hall–Kier alpha value is -1.68. The van der Waals surface area contributed by atoms with Gasteiger partial charge in [-0.05, 0) is 30.4 Å². The van der Waals surface area contributed by atoms with E-state index in [1.165, 1.54) is 5.56 Å². The molecule has 0 saturated heterocycles. The second kappa shape index (κ2) is 6.18. The number of aryl methyl sites for hydroxylation is 1. The summed E-state index contributed by atoms with van der Waals surface area (Å²) >= 11 is 0. The normalized spacial score (nSPS) is 11.8. The molecule has 4 nitrogen and oxygen atoms in total. The fraction of sp³-hybridized carbons (Fsp3) is 0.500. The van der Waals surface area contributed by atoms with Gasteiger partial charge in [0.15, 0.2) is 0 Å². The molecule has 0 fully saturated rings. The van der Waals surface area contributed by atoms with Gasteiger partial charge in [0.2, 0.25) is 0 Å². The molecule has 4 heteroatoms. The molecular formula is C16H23N3O. The van der Waals surface area contributed by atoms with Crippen LogP contribution in [0, 0.1) is 12.3 Å². The number of hydrogen-bond acceptors (Lipinski definition) is 4. The van der Waals surface area contributed by atoms with E-state index in [2.05, 4.69) is 42.1 Å². The van der Waals surface area contributed by atoms with E-state index in [9.17, 15) is 0 Å². The molecule has 1 N–H and O–H groups in total. The molecule has 108 valence electrons. The molecule has 0 atom stereocenters. The van der Waals surface area contributed by atoms with Gasteiger partial charge >= 0.3 is 0 Å². The van der Waals surface area contributed by atoms with Crippen LogP contribution in [0.1, 0.15) is 25.8 Å². The Balaban J connectivity index is 2.18. The zero-order valence-electron chi connectivity index (χ0n) is 12.7. The maximum atomic E-state index is 5.17. The topological polar surface area (TPSA) is 47.0 Å². The summed E-state index contributed by atoms with van der Waals surface area (Å²) in [7, 11) is 1.74. The van der Waals surface area contributed by atoms with Gasteiger partial charge in [-0.25, -0.2) is 9.97 Å². The van der Waals surface area contributed by atoms with Gasteiger partial charge in [0.25, 0.3) is 0 Å². The van der Waals surface area contributed by atoms with E-state index in [4.69, 9.17) is 4.74 Å². The standard InChI is InChI=1S/C16H23N3O/c1-12-6-5-7-13-14(12)15(19-11-18-13)17-10-16(2,3)8-9-20-4/h5-7,11H,8-10H2,1-4H3,(H,17,18,19). The number of methoxy groups -OCH3 is 1. The number of hydrogen-bond donors (Lipinski definition) is 1. The van der Waals surface area contributed by atoms with E-state index in [0.29, 0.717) is 0 Å². The summed E-state index contributed by atoms with van der Waals surface area (Å²) in [4.78, 5) is 8.72. The van der Waals surface area contributed by atoms with Crippen LogP contribution in [-0.2, 0) is 4.74 Å². The molecule has 1 heterocycles. The molecule has 0 spiro atoms. The van der Waals surface area contributed by atoms with Gasteiger partial charge in [-0.1, -0.05) is 26.0 Å². The predicted molar refractivity (Wildman–Crippen MR) is 83.0 cm³/mol. The molecule has 0 aliphatic heterocycles. The zero-order chi connectivity index (χ0) is 14.6. The minimum absolute atomic E-state index is 0.163. The van der Waals surface area contributed by atoms with E-state index in [-0.39, 0.29) is 5.41 Å². The van der Waals surface area contributed by atoms with Gasteiger partial charge < -0.3 is 10.1 Å². The maximum absolute atomic E-state index is 5.17. The second-order valence-electron chi connectivity index (χ2n) is 5.95. The average Bonchev–Trinajstić information content (AvgIpc) is 2.43. The largest absolute Gasteiger partial charge is 0.385 e. The highest BCUT2D eigenvalue weighted by molar-refractivity contribution is 5.91. The molecule has 20 heavy (non-hydrogen) atoms. The number of fused-ring (bicyclic) bond motifs is 1. The molecule has 0 unspecified atom stereocenters. The highest BCUT2D eigenvalue weighted by atomic mass is 16.5. The van der Waals surface area contributed by atoms with Crippen molar-refractivity contribution in [3.63, 3.8) is 0 Å². The number of rotatable bonds is 6. The summed E-state index contributed by atoms with van der Waals surface area (Å²) in [5.74, 6) is 0.915. The van der Waals surface area contributed by atoms with Crippen LogP contribution in [-0.4, -0.2) is 30.2 Å². The van der Waals surface area contributed by atoms with Gasteiger partial charge in [-0.3, -0.25) is 0 Å². The van der Waals surface area contributed by atoms with Crippen molar-refractivity contribution in [1.29, 1.82) is 0 Å².